The number of aliphatic hydroxyl groups excluding tert-OH is 1. The normalized spacial score (nSPS) is 17.4. The van der Waals surface area contributed by atoms with Crippen LogP contribution in [0, 0.1) is 12.8 Å². The Bertz CT molecular complexity index is 633. The van der Waals surface area contributed by atoms with E-state index in [0.29, 0.717) is 12.3 Å². The molecule has 0 spiro atoms. The Kier molecular flexibility index (Phi) is 4.85. The van der Waals surface area contributed by atoms with Crippen LogP contribution in [0.25, 0.3) is 0 Å². The van der Waals surface area contributed by atoms with Crippen molar-refractivity contribution in [2.24, 2.45) is 5.92 Å². The molecule has 0 radical (unpaired) electrons. The Morgan fingerprint density at radius 3 is 2.70 bits per heavy atom. The van der Waals surface area contributed by atoms with Crippen LogP contribution in [0.1, 0.15) is 31.2 Å². The Hall–Kier alpha value is -2.02. The molecular weight excluding hydrogens is 292 g/mol. The van der Waals surface area contributed by atoms with Crippen molar-refractivity contribution in [3.05, 3.63) is 30.0 Å². The number of aliphatic hydroxyl groups is 1. The second-order valence-electron chi connectivity index (χ2n) is 6.38. The van der Waals surface area contributed by atoms with Crippen molar-refractivity contribution in [3.63, 3.8) is 0 Å². The van der Waals surface area contributed by atoms with Gasteiger partial charge in [-0.25, -0.2) is 4.98 Å². The number of hydrogen-bond acceptors (Lipinski definition) is 6. The van der Waals surface area contributed by atoms with Crippen LogP contribution in [-0.2, 0) is 13.0 Å². The van der Waals surface area contributed by atoms with Crippen LogP contribution in [-0.4, -0.2) is 49.3 Å². The quantitative estimate of drug-likeness (QED) is 0.893. The molecule has 1 N–H and O–H groups in total. The van der Waals surface area contributed by atoms with Gasteiger partial charge in [0, 0.05) is 44.6 Å². The van der Waals surface area contributed by atoms with Gasteiger partial charge in [-0.15, -0.1) is 5.10 Å². The third kappa shape index (κ3) is 4.04. The number of aryl methyl sites for hydroxylation is 1. The first-order chi connectivity index (χ1) is 11.1. The maximum absolute atomic E-state index is 9.40. The van der Waals surface area contributed by atoms with Crippen molar-refractivity contribution < 1.29 is 5.11 Å². The monoisotopic (exact) mass is 316 g/mol. The molecule has 1 atom stereocenters. The minimum Gasteiger partial charge on any atom is -0.393 e. The van der Waals surface area contributed by atoms with Crippen LogP contribution in [0.15, 0.2) is 18.6 Å². The smallest absolute Gasteiger partial charge is 0.150 e. The van der Waals surface area contributed by atoms with Crippen LogP contribution in [0.3, 0.4) is 0 Å². The predicted molar refractivity (Wildman–Crippen MR) is 87.1 cm³/mol. The minimum atomic E-state index is -0.376. The van der Waals surface area contributed by atoms with E-state index in [1.165, 1.54) is 0 Å². The molecule has 1 unspecified atom stereocenters. The molecule has 3 heterocycles. The van der Waals surface area contributed by atoms with Gasteiger partial charge in [-0.1, -0.05) is 5.21 Å². The van der Waals surface area contributed by atoms with E-state index in [4.69, 9.17) is 0 Å². The summed E-state index contributed by atoms with van der Waals surface area (Å²) in [6, 6.07) is 0. The maximum Gasteiger partial charge on any atom is 0.150 e. The molecule has 7 heteroatoms. The van der Waals surface area contributed by atoms with E-state index in [1.54, 1.807) is 19.3 Å². The fourth-order valence-corrected chi connectivity index (χ4v) is 3.13. The molecule has 1 aliphatic rings. The van der Waals surface area contributed by atoms with Crippen LogP contribution >= 0.6 is 0 Å². The average molecular weight is 316 g/mol. The summed E-state index contributed by atoms with van der Waals surface area (Å²) in [5.41, 5.74) is 1.85. The zero-order valence-electron chi connectivity index (χ0n) is 13.8. The highest BCUT2D eigenvalue weighted by molar-refractivity contribution is 5.42. The molecule has 7 nitrogen and oxygen atoms in total. The maximum atomic E-state index is 9.40. The van der Waals surface area contributed by atoms with Crippen molar-refractivity contribution >= 4 is 5.82 Å². The van der Waals surface area contributed by atoms with Gasteiger partial charge in [-0.05, 0) is 32.6 Å². The molecule has 3 rings (SSSR count). The molecule has 0 aliphatic carbocycles. The molecule has 0 amide bonds. The molecule has 0 bridgehead atoms. The van der Waals surface area contributed by atoms with E-state index in [-0.39, 0.29) is 6.10 Å². The number of aromatic nitrogens is 5. The summed E-state index contributed by atoms with van der Waals surface area (Å²) in [6.07, 6.45) is 7.85. The van der Waals surface area contributed by atoms with Gasteiger partial charge in [0.25, 0.3) is 0 Å². The van der Waals surface area contributed by atoms with E-state index < -0.39 is 0 Å². The highest BCUT2D eigenvalue weighted by Gasteiger charge is 2.22. The molecule has 2 aromatic rings. The Morgan fingerprint density at radius 1 is 1.26 bits per heavy atom. The van der Waals surface area contributed by atoms with Gasteiger partial charge in [0.15, 0.2) is 0 Å². The van der Waals surface area contributed by atoms with Gasteiger partial charge >= 0.3 is 0 Å². The summed E-state index contributed by atoms with van der Waals surface area (Å²) in [6.45, 7) is 6.66. The lowest BCUT2D eigenvalue weighted by molar-refractivity contribution is 0.194. The van der Waals surface area contributed by atoms with Crippen LogP contribution in [0.5, 0.6) is 0 Å². The number of piperidine rings is 1. The molecular formula is C16H24N6O. The lowest BCUT2D eigenvalue weighted by Gasteiger charge is -2.33. The van der Waals surface area contributed by atoms with Gasteiger partial charge in [0.2, 0.25) is 0 Å². The number of nitrogens with zero attached hydrogens (tertiary/aromatic N) is 6. The second-order valence-corrected chi connectivity index (χ2v) is 6.38. The lowest BCUT2D eigenvalue weighted by Crippen LogP contribution is -2.36. The SMILES string of the molecule is Cc1nccnc1N1CCC(Cn2cc(CC(C)O)nn2)CC1. The predicted octanol–water partition coefficient (Wildman–Crippen LogP) is 1.22. The van der Waals surface area contributed by atoms with Crippen molar-refractivity contribution in [1.82, 2.24) is 25.0 Å². The van der Waals surface area contributed by atoms with E-state index in [9.17, 15) is 5.11 Å². The van der Waals surface area contributed by atoms with Gasteiger partial charge in [0.1, 0.15) is 5.82 Å². The van der Waals surface area contributed by atoms with Gasteiger partial charge in [0.05, 0.1) is 17.5 Å². The van der Waals surface area contributed by atoms with E-state index >= 15 is 0 Å². The Balaban J connectivity index is 1.53. The number of rotatable bonds is 5. The van der Waals surface area contributed by atoms with Gasteiger partial charge in [-0.2, -0.15) is 0 Å². The lowest BCUT2D eigenvalue weighted by atomic mass is 9.97. The second kappa shape index (κ2) is 7.04. The van der Waals surface area contributed by atoms with Gasteiger partial charge < -0.3 is 10.0 Å². The first-order valence-electron chi connectivity index (χ1n) is 8.21. The first kappa shape index (κ1) is 15.9. The third-order valence-electron chi connectivity index (χ3n) is 4.31. The molecule has 1 fully saturated rings. The minimum absolute atomic E-state index is 0.376. The summed E-state index contributed by atoms with van der Waals surface area (Å²) in [7, 11) is 0. The number of anilines is 1. The Labute approximate surface area is 136 Å². The van der Waals surface area contributed by atoms with Crippen molar-refractivity contribution in [3.8, 4) is 0 Å². The van der Waals surface area contributed by atoms with Crippen LogP contribution < -0.4 is 4.90 Å². The van der Waals surface area contributed by atoms with Crippen molar-refractivity contribution in [2.75, 3.05) is 18.0 Å². The van der Waals surface area contributed by atoms with Crippen molar-refractivity contribution in [1.29, 1.82) is 0 Å². The van der Waals surface area contributed by atoms with Crippen LogP contribution in [0.4, 0.5) is 5.82 Å². The van der Waals surface area contributed by atoms with Crippen LogP contribution in [0.2, 0.25) is 0 Å². The zero-order chi connectivity index (χ0) is 16.2. The first-order valence-corrected chi connectivity index (χ1v) is 8.21. The summed E-state index contributed by atoms with van der Waals surface area (Å²) in [5.74, 6) is 1.61. The fraction of sp³-hybridized carbons (Fsp3) is 0.625. The topological polar surface area (TPSA) is 80.0 Å². The molecule has 1 saturated heterocycles. The van der Waals surface area contributed by atoms with E-state index in [2.05, 4.69) is 25.2 Å². The molecule has 2 aromatic heterocycles. The Morgan fingerprint density at radius 2 is 2.00 bits per heavy atom. The standard InChI is InChI=1S/C16H24N6O/c1-12(23)9-15-11-22(20-19-15)10-14-3-7-21(8-4-14)16-13(2)17-5-6-18-16/h5-6,11-12,14,23H,3-4,7-10H2,1-2H3. The molecule has 124 valence electrons. The third-order valence-corrected chi connectivity index (χ3v) is 4.31. The highest BCUT2D eigenvalue weighted by Crippen LogP contribution is 2.24. The zero-order valence-corrected chi connectivity index (χ0v) is 13.8. The largest absolute Gasteiger partial charge is 0.393 e. The van der Waals surface area contributed by atoms with Crippen molar-refractivity contribution in [2.45, 2.75) is 45.8 Å². The molecule has 23 heavy (non-hydrogen) atoms. The van der Waals surface area contributed by atoms with E-state index in [0.717, 1.165) is 49.7 Å². The van der Waals surface area contributed by atoms with E-state index in [1.807, 2.05) is 17.8 Å². The average Bonchev–Trinajstić information content (AvgIpc) is 2.95. The molecule has 0 saturated carbocycles. The highest BCUT2D eigenvalue weighted by atomic mass is 16.3. The fourth-order valence-electron chi connectivity index (χ4n) is 3.13. The molecule has 0 aromatic carbocycles. The van der Waals surface area contributed by atoms with Gasteiger partial charge in [-0.3, -0.25) is 9.67 Å². The summed E-state index contributed by atoms with van der Waals surface area (Å²) in [4.78, 5) is 11.1. The molecule has 1 aliphatic heterocycles. The summed E-state index contributed by atoms with van der Waals surface area (Å²) in [5, 5.41) is 17.7. The number of hydrogen-bond donors (Lipinski definition) is 1. The summed E-state index contributed by atoms with van der Waals surface area (Å²) < 4.78 is 1.91. The summed E-state index contributed by atoms with van der Waals surface area (Å²) >= 11 is 0.